The fourth-order valence-corrected chi connectivity index (χ4v) is 6.31. The van der Waals surface area contributed by atoms with E-state index >= 15 is 0 Å². The number of hydrogen-bond acceptors (Lipinski definition) is 5. The molecule has 0 radical (unpaired) electrons. The number of fused-ring (bicyclic) bond motifs is 1. The molecule has 1 aliphatic carbocycles. The minimum Gasteiger partial charge on any atom is -0.456 e. The Balaban J connectivity index is 1.37. The van der Waals surface area contributed by atoms with Crippen LogP contribution in [-0.4, -0.2) is 38.4 Å². The van der Waals surface area contributed by atoms with Crippen LogP contribution in [-0.2, 0) is 34.4 Å². The molecule has 0 saturated heterocycles. The molecule has 0 spiro atoms. The average Bonchev–Trinajstić information content (AvgIpc) is 3.58. The molecule has 2 aromatic carbocycles. The summed E-state index contributed by atoms with van der Waals surface area (Å²) in [5, 5.41) is 7.45. The highest BCUT2D eigenvalue weighted by molar-refractivity contribution is 5.89. The Morgan fingerprint density at radius 2 is 1.73 bits per heavy atom. The molecule has 2 atom stereocenters. The van der Waals surface area contributed by atoms with E-state index in [1.165, 1.54) is 6.42 Å². The second-order valence-corrected chi connectivity index (χ2v) is 12.7. The second-order valence-electron chi connectivity index (χ2n) is 12.7. The maximum absolute atomic E-state index is 13.9. The van der Waals surface area contributed by atoms with E-state index in [-0.39, 0.29) is 42.5 Å². The summed E-state index contributed by atoms with van der Waals surface area (Å²) in [5.74, 6) is -0.935. The number of benzene rings is 2. The van der Waals surface area contributed by atoms with Crippen LogP contribution >= 0.6 is 0 Å². The molecule has 238 valence electrons. The van der Waals surface area contributed by atoms with Crippen molar-refractivity contribution in [3.63, 3.8) is 0 Å². The van der Waals surface area contributed by atoms with Gasteiger partial charge >= 0.3 is 5.97 Å². The summed E-state index contributed by atoms with van der Waals surface area (Å²) in [6.45, 7) is 5.85. The fraction of sp³-hybridized carbons (Fsp3) is 0.444. The maximum Gasteiger partial charge on any atom is 0.359 e. The van der Waals surface area contributed by atoms with E-state index in [9.17, 15) is 14.4 Å². The van der Waals surface area contributed by atoms with Crippen molar-refractivity contribution in [2.24, 2.45) is 18.9 Å². The number of nitrogens with one attached hydrogen (secondary N) is 3. The van der Waals surface area contributed by atoms with E-state index in [0.29, 0.717) is 17.9 Å². The van der Waals surface area contributed by atoms with Crippen molar-refractivity contribution < 1.29 is 19.1 Å². The predicted octanol–water partition coefficient (Wildman–Crippen LogP) is 6.08. The lowest BCUT2D eigenvalue weighted by molar-refractivity contribution is -0.132. The summed E-state index contributed by atoms with van der Waals surface area (Å²) in [6, 6.07) is 17.2. The Labute approximate surface area is 265 Å². The third-order valence-corrected chi connectivity index (χ3v) is 8.88. The number of para-hydroxylation sites is 1. The van der Waals surface area contributed by atoms with E-state index in [0.717, 1.165) is 47.7 Å². The number of carbonyl (C=O) groups excluding carboxylic acids is 3. The van der Waals surface area contributed by atoms with E-state index in [2.05, 4.69) is 43.5 Å². The van der Waals surface area contributed by atoms with Gasteiger partial charge in [0, 0.05) is 54.6 Å². The van der Waals surface area contributed by atoms with Crippen molar-refractivity contribution in [1.82, 2.24) is 25.2 Å². The van der Waals surface area contributed by atoms with Crippen LogP contribution in [0.15, 0.2) is 60.8 Å². The van der Waals surface area contributed by atoms with E-state index in [1.54, 1.807) is 6.92 Å². The molecule has 1 fully saturated rings. The molecule has 2 amide bonds. The van der Waals surface area contributed by atoms with Crippen LogP contribution in [0, 0.1) is 18.8 Å². The average molecular weight is 612 g/mol. The smallest absolute Gasteiger partial charge is 0.359 e. The Morgan fingerprint density at radius 1 is 1.02 bits per heavy atom. The van der Waals surface area contributed by atoms with Crippen LogP contribution in [0.25, 0.3) is 10.9 Å². The Morgan fingerprint density at radius 3 is 2.47 bits per heavy atom. The number of hydrogen-bond donors (Lipinski definition) is 3. The van der Waals surface area contributed by atoms with Crippen LogP contribution in [0.3, 0.4) is 0 Å². The first-order chi connectivity index (χ1) is 21.7. The molecular weight excluding hydrogens is 566 g/mol. The fourth-order valence-electron chi connectivity index (χ4n) is 6.31. The molecule has 0 unspecified atom stereocenters. The number of carbonyl (C=O) groups is 3. The van der Waals surface area contributed by atoms with Gasteiger partial charge in [-0.2, -0.15) is 0 Å². The number of esters is 1. The summed E-state index contributed by atoms with van der Waals surface area (Å²) in [4.78, 5) is 48.0. The van der Waals surface area contributed by atoms with Crippen molar-refractivity contribution in [3.05, 3.63) is 89.1 Å². The minimum absolute atomic E-state index is 0.0535. The van der Waals surface area contributed by atoms with Crippen molar-refractivity contribution in [1.29, 1.82) is 0 Å². The second kappa shape index (κ2) is 14.6. The molecule has 0 bridgehead atoms. The van der Waals surface area contributed by atoms with Crippen molar-refractivity contribution in [2.45, 2.75) is 84.4 Å². The van der Waals surface area contributed by atoms with Gasteiger partial charge in [-0.15, -0.1) is 0 Å². The summed E-state index contributed by atoms with van der Waals surface area (Å²) < 4.78 is 7.63. The molecule has 2 aromatic heterocycles. The van der Waals surface area contributed by atoms with Crippen LogP contribution < -0.4 is 10.6 Å². The number of rotatable bonds is 12. The zero-order valence-corrected chi connectivity index (χ0v) is 26.8. The Hall–Kier alpha value is -4.40. The van der Waals surface area contributed by atoms with Crippen LogP contribution in [0.5, 0.6) is 0 Å². The molecule has 5 rings (SSSR count). The standard InChI is InChI=1S/C36H45N5O4/c1-23(2)29(20-32(42)38-27-15-9-6-10-16-27)35(43)39-30(19-26-21-41(4)31-18-12-11-17-28(26)31)34-37-24(3)33(40-34)36(44)45-22-25-13-7-5-8-14-25/h5,7-8,11-14,17-18,21,23,27,29-30H,6,9-10,15-16,19-20,22H2,1-4H3,(H,37,40)(H,38,42)(H,39,43)/t29-,30-/m0/s1. The molecule has 0 aliphatic heterocycles. The van der Waals surface area contributed by atoms with Gasteiger partial charge in [0.15, 0.2) is 5.69 Å². The summed E-state index contributed by atoms with van der Waals surface area (Å²) in [7, 11) is 2.00. The molecular formula is C36H45N5O4. The summed E-state index contributed by atoms with van der Waals surface area (Å²) >= 11 is 0. The first-order valence-corrected chi connectivity index (χ1v) is 16.1. The minimum atomic E-state index is -0.569. The van der Waals surface area contributed by atoms with Crippen molar-refractivity contribution >= 4 is 28.7 Å². The van der Waals surface area contributed by atoms with Gasteiger partial charge in [0.05, 0.1) is 6.04 Å². The number of amides is 2. The molecule has 9 nitrogen and oxygen atoms in total. The number of imidazole rings is 1. The molecule has 2 heterocycles. The largest absolute Gasteiger partial charge is 0.456 e. The number of ether oxygens (including phenoxy) is 1. The van der Waals surface area contributed by atoms with Crippen molar-refractivity contribution in [3.8, 4) is 0 Å². The first-order valence-electron chi connectivity index (χ1n) is 16.1. The quantitative estimate of drug-likeness (QED) is 0.168. The number of aromatic nitrogens is 3. The van der Waals surface area contributed by atoms with Gasteiger partial charge in [0.2, 0.25) is 11.8 Å². The monoisotopic (exact) mass is 611 g/mol. The number of aryl methyl sites for hydroxylation is 2. The predicted molar refractivity (Wildman–Crippen MR) is 174 cm³/mol. The summed E-state index contributed by atoms with van der Waals surface area (Å²) in [6.07, 6.45) is 8.06. The van der Waals surface area contributed by atoms with Gasteiger partial charge in [-0.3, -0.25) is 9.59 Å². The van der Waals surface area contributed by atoms with Gasteiger partial charge in [0.25, 0.3) is 0 Å². The molecule has 1 aliphatic rings. The first kappa shape index (κ1) is 32.0. The molecule has 45 heavy (non-hydrogen) atoms. The van der Waals surface area contributed by atoms with Crippen LogP contribution in [0.2, 0.25) is 0 Å². The SMILES string of the molecule is Cc1[nH]c([C@H](Cc2cn(C)c3ccccc23)NC(=O)[C@@H](CC(=O)NC2CCCCC2)C(C)C)nc1C(=O)OCc1ccccc1. The number of H-pyrrole nitrogens is 1. The third-order valence-electron chi connectivity index (χ3n) is 8.88. The summed E-state index contributed by atoms with van der Waals surface area (Å²) in [5.41, 5.74) is 3.75. The van der Waals surface area contributed by atoms with E-state index in [4.69, 9.17) is 4.74 Å². The van der Waals surface area contributed by atoms with Gasteiger partial charge < -0.3 is 24.9 Å². The van der Waals surface area contributed by atoms with E-state index in [1.807, 2.05) is 63.4 Å². The van der Waals surface area contributed by atoms with Gasteiger partial charge in [0.1, 0.15) is 12.4 Å². The highest BCUT2D eigenvalue weighted by Crippen LogP contribution is 2.27. The van der Waals surface area contributed by atoms with Crippen LogP contribution in [0.1, 0.15) is 91.5 Å². The zero-order valence-electron chi connectivity index (χ0n) is 26.8. The van der Waals surface area contributed by atoms with Gasteiger partial charge in [-0.1, -0.05) is 81.6 Å². The van der Waals surface area contributed by atoms with Gasteiger partial charge in [-0.25, -0.2) is 9.78 Å². The Kier molecular flexibility index (Phi) is 10.4. The maximum atomic E-state index is 13.9. The lowest BCUT2D eigenvalue weighted by Crippen LogP contribution is -2.42. The molecule has 4 aromatic rings. The topological polar surface area (TPSA) is 118 Å². The highest BCUT2D eigenvalue weighted by atomic mass is 16.5. The highest BCUT2D eigenvalue weighted by Gasteiger charge is 2.31. The molecule has 9 heteroatoms. The van der Waals surface area contributed by atoms with Gasteiger partial charge in [-0.05, 0) is 42.9 Å². The Bertz CT molecular complexity index is 1620. The lowest BCUT2D eigenvalue weighted by atomic mass is 9.89. The molecule has 3 N–H and O–H groups in total. The van der Waals surface area contributed by atoms with Crippen LogP contribution in [0.4, 0.5) is 0 Å². The number of aromatic amines is 1. The normalized spacial score (nSPS) is 15.1. The van der Waals surface area contributed by atoms with E-state index < -0.39 is 17.9 Å². The van der Waals surface area contributed by atoms with Crippen molar-refractivity contribution in [2.75, 3.05) is 0 Å². The molecule has 1 saturated carbocycles. The lowest BCUT2D eigenvalue weighted by Gasteiger charge is -2.26. The number of nitrogens with zero attached hydrogens (tertiary/aromatic N) is 2. The third kappa shape index (κ3) is 8.01. The zero-order chi connectivity index (χ0) is 31.9.